The lowest BCUT2D eigenvalue weighted by atomic mass is 10.1. The van der Waals surface area contributed by atoms with Crippen LogP contribution in [0.4, 0.5) is 26.2 Å². The van der Waals surface area contributed by atoms with E-state index in [1.165, 1.54) is 30.9 Å². The molecule has 0 radical (unpaired) electrons. The number of rotatable bonds is 7. The van der Waals surface area contributed by atoms with Crippen molar-refractivity contribution in [1.82, 2.24) is 29.5 Å². The third kappa shape index (κ3) is 4.78. The van der Waals surface area contributed by atoms with Gasteiger partial charge in [0.2, 0.25) is 11.8 Å². The van der Waals surface area contributed by atoms with Gasteiger partial charge in [0.15, 0.2) is 5.82 Å². The van der Waals surface area contributed by atoms with E-state index in [1.54, 1.807) is 6.07 Å². The number of nitrogens with zero attached hydrogens (tertiary/aromatic N) is 7. The normalized spacial score (nSPS) is 14.3. The van der Waals surface area contributed by atoms with Gasteiger partial charge in [-0.25, -0.2) is 33.7 Å². The summed E-state index contributed by atoms with van der Waals surface area (Å²) in [6, 6.07) is 4.40. The number of aliphatic hydroxyl groups is 1. The van der Waals surface area contributed by atoms with Crippen LogP contribution in [0.2, 0.25) is 0 Å². The number of aromatic nitrogens is 6. The Balaban J connectivity index is 1.21. The Labute approximate surface area is 222 Å². The largest absolute Gasteiger partial charge is 0.444 e. The second kappa shape index (κ2) is 10.4. The molecule has 5 heterocycles. The number of fused-ring (bicyclic) bond motifs is 1. The smallest absolute Gasteiger partial charge is 0.226 e. The van der Waals surface area contributed by atoms with Gasteiger partial charge in [-0.2, -0.15) is 0 Å². The van der Waals surface area contributed by atoms with Gasteiger partial charge in [0, 0.05) is 43.3 Å². The minimum Gasteiger partial charge on any atom is -0.444 e. The highest BCUT2D eigenvalue weighted by atomic mass is 19.1. The Kier molecular flexibility index (Phi) is 6.61. The molecule has 10 nitrogen and oxygen atoms in total. The lowest BCUT2D eigenvalue weighted by Crippen LogP contribution is -2.35. The van der Waals surface area contributed by atoms with Crippen molar-refractivity contribution in [2.75, 3.05) is 23.3 Å². The number of halogens is 2. The predicted molar refractivity (Wildman–Crippen MR) is 140 cm³/mol. The van der Waals surface area contributed by atoms with Crippen molar-refractivity contribution in [1.29, 1.82) is 0 Å². The standard InChI is InChI=1S/C27H26F2N8O2/c1-2-16-10-30-27(31-11-16)36-7-5-19(6-8-36)37-12-21(29)23-24(32-15-33-25(23)37)35-22-4-3-17(9-20(22)28)26-34-18(13-38)14-39-26/h3-4,9-12,14-15,19,38H,2,5-8,13H2,1H3,(H,32,33,35). The lowest BCUT2D eigenvalue weighted by molar-refractivity contribution is 0.276. The summed E-state index contributed by atoms with van der Waals surface area (Å²) in [4.78, 5) is 23.8. The molecule has 6 rings (SSSR count). The van der Waals surface area contributed by atoms with Gasteiger partial charge in [0.25, 0.3) is 0 Å². The van der Waals surface area contributed by atoms with E-state index in [2.05, 4.69) is 42.1 Å². The number of anilines is 3. The van der Waals surface area contributed by atoms with Crippen LogP contribution in [-0.2, 0) is 13.0 Å². The van der Waals surface area contributed by atoms with Crippen LogP contribution >= 0.6 is 0 Å². The molecule has 200 valence electrons. The Morgan fingerprint density at radius 3 is 2.56 bits per heavy atom. The minimum absolute atomic E-state index is 0.0338. The SMILES string of the molecule is CCc1cnc(N2CCC(n3cc(F)c4c(Nc5ccc(-c6nc(CO)co6)cc5F)ncnc43)CC2)nc1. The third-order valence-electron chi connectivity index (χ3n) is 6.99. The zero-order valence-electron chi connectivity index (χ0n) is 21.2. The summed E-state index contributed by atoms with van der Waals surface area (Å²) in [5, 5.41) is 12.3. The molecular formula is C27H26F2N8O2. The molecule has 0 amide bonds. The zero-order valence-corrected chi connectivity index (χ0v) is 21.2. The van der Waals surface area contributed by atoms with Crippen LogP contribution in [-0.4, -0.2) is 47.7 Å². The number of nitrogens with one attached hydrogen (secondary N) is 1. The molecule has 1 saturated heterocycles. The van der Waals surface area contributed by atoms with E-state index in [4.69, 9.17) is 4.42 Å². The monoisotopic (exact) mass is 532 g/mol. The van der Waals surface area contributed by atoms with Crippen molar-refractivity contribution < 1.29 is 18.3 Å². The van der Waals surface area contributed by atoms with Crippen LogP contribution in [0.15, 0.2) is 53.8 Å². The second-order valence-corrected chi connectivity index (χ2v) is 9.39. The number of hydrogen-bond donors (Lipinski definition) is 2. The van der Waals surface area contributed by atoms with E-state index in [-0.39, 0.29) is 35.4 Å². The number of aryl methyl sites for hydroxylation is 1. The topological polar surface area (TPSA) is 118 Å². The summed E-state index contributed by atoms with van der Waals surface area (Å²) in [6.07, 6.45) is 10.2. The summed E-state index contributed by atoms with van der Waals surface area (Å²) in [7, 11) is 0. The zero-order chi connectivity index (χ0) is 26.9. The molecule has 0 bridgehead atoms. The van der Waals surface area contributed by atoms with Crippen molar-refractivity contribution in [3.8, 4) is 11.5 Å². The van der Waals surface area contributed by atoms with Gasteiger partial charge >= 0.3 is 0 Å². The Morgan fingerprint density at radius 2 is 1.87 bits per heavy atom. The maximum absolute atomic E-state index is 15.3. The van der Waals surface area contributed by atoms with E-state index < -0.39 is 11.6 Å². The van der Waals surface area contributed by atoms with Crippen molar-refractivity contribution in [3.05, 3.63) is 72.3 Å². The average molecular weight is 533 g/mol. The fourth-order valence-corrected chi connectivity index (χ4v) is 4.84. The van der Waals surface area contributed by atoms with Crippen molar-refractivity contribution in [2.45, 2.75) is 38.8 Å². The Morgan fingerprint density at radius 1 is 1.08 bits per heavy atom. The van der Waals surface area contributed by atoms with Crippen molar-refractivity contribution in [2.24, 2.45) is 0 Å². The molecule has 0 aliphatic carbocycles. The fraction of sp³-hybridized carbons (Fsp3) is 0.296. The maximum Gasteiger partial charge on any atom is 0.226 e. The molecule has 0 atom stereocenters. The molecule has 0 unspecified atom stereocenters. The van der Waals surface area contributed by atoms with E-state index in [9.17, 15) is 9.50 Å². The number of hydrogen-bond acceptors (Lipinski definition) is 9. The minimum atomic E-state index is -0.593. The summed E-state index contributed by atoms with van der Waals surface area (Å²) in [6.45, 7) is 3.25. The van der Waals surface area contributed by atoms with E-state index in [0.717, 1.165) is 37.9 Å². The van der Waals surface area contributed by atoms with E-state index in [1.807, 2.05) is 17.0 Å². The van der Waals surface area contributed by atoms with Crippen LogP contribution in [0.1, 0.15) is 37.1 Å². The first kappa shape index (κ1) is 24.9. The van der Waals surface area contributed by atoms with Gasteiger partial charge in [0.05, 0.1) is 17.7 Å². The molecule has 12 heteroatoms. The number of benzene rings is 1. The molecule has 0 spiro atoms. The van der Waals surface area contributed by atoms with Crippen molar-refractivity contribution >= 4 is 28.5 Å². The fourth-order valence-electron chi connectivity index (χ4n) is 4.84. The highest BCUT2D eigenvalue weighted by Crippen LogP contribution is 2.34. The Bertz CT molecular complexity index is 1610. The highest BCUT2D eigenvalue weighted by molar-refractivity contribution is 5.90. The molecule has 1 aliphatic heterocycles. The van der Waals surface area contributed by atoms with Crippen LogP contribution in [0.3, 0.4) is 0 Å². The molecule has 39 heavy (non-hydrogen) atoms. The van der Waals surface area contributed by atoms with Crippen LogP contribution < -0.4 is 10.2 Å². The summed E-state index contributed by atoms with van der Waals surface area (Å²) in [5.41, 5.74) is 2.40. The maximum atomic E-state index is 15.3. The molecule has 5 aromatic rings. The van der Waals surface area contributed by atoms with Gasteiger partial charge < -0.3 is 24.3 Å². The first-order chi connectivity index (χ1) is 19.0. The quantitative estimate of drug-likeness (QED) is 0.305. The van der Waals surface area contributed by atoms with Gasteiger partial charge in [0.1, 0.15) is 35.6 Å². The predicted octanol–water partition coefficient (Wildman–Crippen LogP) is 4.79. The van der Waals surface area contributed by atoms with Gasteiger partial charge in [-0.05, 0) is 43.0 Å². The molecule has 4 aromatic heterocycles. The van der Waals surface area contributed by atoms with Crippen LogP contribution in [0.5, 0.6) is 0 Å². The number of piperidine rings is 1. The molecule has 2 N–H and O–H groups in total. The molecule has 1 aliphatic rings. The average Bonchev–Trinajstić information content (AvgIpc) is 3.59. The highest BCUT2D eigenvalue weighted by Gasteiger charge is 2.26. The van der Waals surface area contributed by atoms with Gasteiger partial charge in [-0.3, -0.25) is 0 Å². The van der Waals surface area contributed by atoms with Crippen molar-refractivity contribution in [3.63, 3.8) is 0 Å². The van der Waals surface area contributed by atoms with Crippen LogP contribution in [0, 0.1) is 11.6 Å². The van der Waals surface area contributed by atoms with E-state index >= 15 is 4.39 Å². The first-order valence-corrected chi connectivity index (χ1v) is 12.7. The van der Waals surface area contributed by atoms with Gasteiger partial charge in [-0.15, -0.1) is 0 Å². The third-order valence-corrected chi connectivity index (χ3v) is 6.99. The van der Waals surface area contributed by atoms with E-state index in [0.29, 0.717) is 22.9 Å². The summed E-state index contributed by atoms with van der Waals surface area (Å²) >= 11 is 0. The lowest BCUT2D eigenvalue weighted by Gasteiger charge is -2.32. The molecule has 0 saturated carbocycles. The molecule has 1 fully saturated rings. The number of oxazole rings is 1. The second-order valence-electron chi connectivity index (χ2n) is 9.39. The molecule has 1 aromatic carbocycles. The summed E-state index contributed by atoms with van der Waals surface area (Å²) in [5.74, 6) is -0.0180. The Hall–Kier alpha value is -4.45. The summed E-state index contributed by atoms with van der Waals surface area (Å²) < 4.78 is 37.4. The van der Waals surface area contributed by atoms with Crippen LogP contribution in [0.25, 0.3) is 22.5 Å². The number of aliphatic hydroxyl groups excluding tert-OH is 1. The first-order valence-electron chi connectivity index (χ1n) is 12.7. The van der Waals surface area contributed by atoms with Gasteiger partial charge in [-0.1, -0.05) is 6.92 Å². The molecular weight excluding hydrogens is 506 g/mol.